The lowest BCUT2D eigenvalue weighted by Crippen LogP contribution is -2.40. The number of rotatable bonds is 16. The van der Waals surface area contributed by atoms with E-state index in [1.807, 2.05) is 34.6 Å². The van der Waals surface area contributed by atoms with Crippen LogP contribution in [0.1, 0.15) is 87.1 Å². The van der Waals surface area contributed by atoms with Gasteiger partial charge in [0, 0.05) is 0 Å². The van der Waals surface area contributed by atoms with Gasteiger partial charge in [-0.2, -0.15) is 0 Å². The molecule has 0 saturated heterocycles. The fourth-order valence-corrected chi connectivity index (χ4v) is 3.01. The van der Waals surface area contributed by atoms with Gasteiger partial charge in [0.15, 0.2) is 11.5 Å². The molecular formula is C31H49NO10. The number of hydrogen-bond donors (Lipinski definition) is 1. The van der Waals surface area contributed by atoms with Crippen LogP contribution in [-0.4, -0.2) is 55.7 Å². The molecular weight excluding hydrogens is 546 g/mol. The molecule has 0 bridgehead atoms. The summed E-state index contributed by atoms with van der Waals surface area (Å²) in [5, 5.41) is 0. The van der Waals surface area contributed by atoms with E-state index in [1.54, 1.807) is 33.8 Å². The molecule has 0 amide bonds. The van der Waals surface area contributed by atoms with Gasteiger partial charge >= 0.3 is 24.2 Å². The van der Waals surface area contributed by atoms with Crippen molar-refractivity contribution in [3.8, 4) is 11.5 Å². The third-order valence-corrected chi connectivity index (χ3v) is 7.21. The van der Waals surface area contributed by atoms with E-state index in [9.17, 15) is 19.2 Å². The van der Waals surface area contributed by atoms with Gasteiger partial charge in [0.1, 0.15) is 18.2 Å². The molecule has 0 spiro atoms. The minimum Gasteiger partial charge on any atom is -0.458 e. The largest absolute Gasteiger partial charge is 0.513 e. The second-order valence-electron chi connectivity index (χ2n) is 11.4. The van der Waals surface area contributed by atoms with Crippen LogP contribution in [0, 0.1) is 17.3 Å². The third-order valence-electron chi connectivity index (χ3n) is 7.21. The van der Waals surface area contributed by atoms with Gasteiger partial charge < -0.3 is 34.2 Å². The number of nitrogens with two attached hydrogens (primary N) is 1. The molecule has 0 aromatic heterocycles. The first-order chi connectivity index (χ1) is 19.6. The summed E-state index contributed by atoms with van der Waals surface area (Å²) in [4.78, 5) is 49.7. The second kappa shape index (κ2) is 17.6. The van der Waals surface area contributed by atoms with Crippen molar-refractivity contribution < 1.29 is 47.6 Å². The predicted molar refractivity (Wildman–Crippen MR) is 156 cm³/mol. The monoisotopic (exact) mass is 595 g/mol. The molecule has 238 valence electrons. The molecule has 0 aliphatic rings. The number of benzene rings is 1. The molecule has 11 nitrogen and oxygen atoms in total. The first-order valence-electron chi connectivity index (χ1n) is 14.6. The lowest BCUT2D eigenvalue weighted by Gasteiger charge is -2.27. The minimum atomic E-state index is -1.08. The second-order valence-corrected chi connectivity index (χ2v) is 11.4. The Bertz CT molecular complexity index is 1040. The lowest BCUT2D eigenvalue weighted by atomic mass is 9.90. The van der Waals surface area contributed by atoms with Crippen molar-refractivity contribution in [3.63, 3.8) is 0 Å². The van der Waals surface area contributed by atoms with Crippen LogP contribution < -0.4 is 15.2 Å². The first-order valence-corrected chi connectivity index (χ1v) is 14.6. The topological polar surface area (TPSA) is 150 Å². The van der Waals surface area contributed by atoms with Gasteiger partial charge in [-0.05, 0) is 70.1 Å². The smallest absolute Gasteiger partial charge is 0.458 e. The molecule has 0 radical (unpaired) electrons. The molecule has 2 unspecified atom stereocenters. The maximum Gasteiger partial charge on any atom is 0.513 e. The van der Waals surface area contributed by atoms with Gasteiger partial charge in [-0.1, -0.05) is 53.5 Å². The van der Waals surface area contributed by atoms with Crippen LogP contribution in [0.15, 0.2) is 18.2 Å². The van der Waals surface area contributed by atoms with E-state index in [-0.39, 0.29) is 48.9 Å². The third kappa shape index (κ3) is 12.7. The van der Waals surface area contributed by atoms with Crippen LogP contribution in [0.4, 0.5) is 9.59 Å². The molecule has 0 aliphatic carbocycles. The molecule has 0 heterocycles. The van der Waals surface area contributed by atoms with E-state index in [0.717, 1.165) is 12.8 Å². The number of ether oxygens (including phenoxy) is 6. The highest BCUT2D eigenvalue weighted by Crippen LogP contribution is 2.30. The average molecular weight is 596 g/mol. The average Bonchev–Trinajstić information content (AvgIpc) is 2.95. The van der Waals surface area contributed by atoms with Crippen LogP contribution >= 0.6 is 0 Å². The van der Waals surface area contributed by atoms with Crippen molar-refractivity contribution in [2.45, 2.75) is 106 Å². The lowest BCUT2D eigenvalue weighted by molar-refractivity contribution is -0.172. The maximum atomic E-state index is 12.7. The quantitative estimate of drug-likeness (QED) is 0.137. The van der Waals surface area contributed by atoms with Gasteiger partial charge in [-0.15, -0.1) is 0 Å². The van der Waals surface area contributed by atoms with Crippen molar-refractivity contribution in [2.24, 2.45) is 23.0 Å². The fraction of sp³-hybridized carbons (Fsp3) is 0.677. The zero-order valence-corrected chi connectivity index (χ0v) is 26.5. The highest BCUT2D eigenvalue weighted by Gasteiger charge is 2.31. The Morgan fingerprint density at radius 1 is 0.786 bits per heavy atom. The highest BCUT2D eigenvalue weighted by molar-refractivity contribution is 5.77. The van der Waals surface area contributed by atoms with Crippen LogP contribution in [0.25, 0.3) is 0 Å². The fourth-order valence-electron chi connectivity index (χ4n) is 3.01. The van der Waals surface area contributed by atoms with E-state index in [4.69, 9.17) is 34.2 Å². The number of carbonyl (C=O) groups is 4. The van der Waals surface area contributed by atoms with Crippen molar-refractivity contribution in [3.05, 3.63) is 23.8 Å². The highest BCUT2D eigenvalue weighted by atomic mass is 16.7. The standard InChI is InChI=1S/C31H49NO10/c1-10-19(4)17-37-29(35)41-25-14-13-23(16-26(25)42-30(36)38-18-20(5)11-2)15-24(32)27(33)39-21(6)22(7)40-28(34)31(8,9)12-3/h13-14,16,19-22,24H,10-12,15,17-18,32H2,1-9H3/t19?,20?,21-,22-,24-/m0/s1. The van der Waals surface area contributed by atoms with Crippen molar-refractivity contribution in [1.82, 2.24) is 0 Å². The zero-order chi connectivity index (χ0) is 32.0. The molecule has 1 rings (SSSR count). The number of carbonyl (C=O) groups excluding carboxylic acids is 4. The maximum absolute atomic E-state index is 12.7. The summed E-state index contributed by atoms with van der Waals surface area (Å²) in [5.74, 6) is -0.978. The Kier molecular flexibility index (Phi) is 15.4. The van der Waals surface area contributed by atoms with Gasteiger partial charge in [0.05, 0.1) is 18.6 Å². The van der Waals surface area contributed by atoms with Crippen molar-refractivity contribution >= 4 is 24.2 Å². The first kappa shape index (κ1) is 36.7. The van der Waals surface area contributed by atoms with Gasteiger partial charge in [0.25, 0.3) is 0 Å². The summed E-state index contributed by atoms with van der Waals surface area (Å²) in [6.07, 6.45) is -1.11. The molecule has 2 N–H and O–H groups in total. The Morgan fingerprint density at radius 2 is 1.29 bits per heavy atom. The van der Waals surface area contributed by atoms with Crippen molar-refractivity contribution in [1.29, 1.82) is 0 Å². The van der Waals surface area contributed by atoms with Gasteiger partial charge in [-0.25, -0.2) is 9.59 Å². The SMILES string of the molecule is CCC(C)COC(=O)Oc1ccc(C[C@H](N)C(=O)O[C@@H](C)[C@H](C)OC(=O)C(C)(C)CC)cc1OC(=O)OCC(C)CC. The van der Waals surface area contributed by atoms with E-state index in [1.165, 1.54) is 12.1 Å². The molecule has 0 saturated carbocycles. The molecule has 42 heavy (non-hydrogen) atoms. The summed E-state index contributed by atoms with van der Waals surface area (Å²) >= 11 is 0. The number of hydrogen-bond acceptors (Lipinski definition) is 11. The summed E-state index contributed by atoms with van der Waals surface area (Å²) < 4.78 is 31.9. The summed E-state index contributed by atoms with van der Waals surface area (Å²) in [6.45, 7) is 16.8. The summed E-state index contributed by atoms with van der Waals surface area (Å²) in [7, 11) is 0. The van der Waals surface area contributed by atoms with Crippen LogP contribution in [0.3, 0.4) is 0 Å². The molecule has 1 aromatic rings. The Balaban J connectivity index is 2.97. The molecule has 0 fully saturated rings. The molecule has 0 aliphatic heterocycles. The van der Waals surface area contributed by atoms with E-state index in [2.05, 4.69) is 0 Å². The van der Waals surface area contributed by atoms with Crippen LogP contribution in [0.5, 0.6) is 11.5 Å². The summed E-state index contributed by atoms with van der Waals surface area (Å²) in [5.41, 5.74) is 5.96. The Morgan fingerprint density at radius 3 is 1.79 bits per heavy atom. The van der Waals surface area contributed by atoms with Gasteiger partial charge in [0.2, 0.25) is 0 Å². The van der Waals surface area contributed by atoms with E-state index in [0.29, 0.717) is 12.0 Å². The normalized spacial score (nSPS) is 14.9. The molecule has 1 aromatic carbocycles. The minimum absolute atomic E-state index is 0.0135. The van der Waals surface area contributed by atoms with Crippen LogP contribution in [-0.2, 0) is 35.0 Å². The van der Waals surface area contributed by atoms with E-state index >= 15 is 0 Å². The molecule has 11 heteroatoms. The molecule has 5 atom stereocenters. The zero-order valence-electron chi connectivity index (χ0n) is 26.5. The van der Waals surface area contributed by atoms with E-state index < -0.39 is 41.9 Å². The van der Waals surface area contributed by atoms with Crippen LogP contribution in [0.2, 0.25) is 0 Å². The van der Waals surface area contributed by atoms with Crippen molar-refractivity contribution in [2.75, 3.05) is 13.2 Å². The summed E-state index contributed by atoms with van der Waals surface area (Å²) in [6, 6.07) is 3.33. The Hall–Kier alpha value is -3.34. The predicted octanol–water partition coefficient (Wildman–Crippen LogP) is 5.98. The Labute approximate surface area is 249 Å². The van der Waals surface area contributed by atoms with Gasteiger partial charge in [-0.3, -0.25) is 9.59 Å². The number of esters is 2.